The van der Waals surface area contributed by atoms with Gasteiger partial charge >= 0.3 is 0 Å². The zero-order valence-electron chi connectivity index (χ0n) is 12.4. The quantitative estimate of drug-likeness (QED) is 0.879. The summed E-state index contributed by atoms with van der Waals surface area (Å²) in [6.45, 7) is 7.23. The number of rotatable bonds is 5. The van der Waals surface area contributed by atoms with Gasteiger partial charge in [0, 0.05) is 24.7 Å². The van der Waals surface area contributed by atoms with Crippen LogP contribution in [0.5, 0.6) is 5.75 Å². The van der Waals surface area contributed by atoms with Gasteiger partial charge in [-0.05, 0) is 37.6 Å². The van der Waals surface area contributed by atoms with Gasteiger partial charge in [0.1, 0.15) is 5.75 Å². The van der Waals surface area contributed by atoms with Gasteiger partial charge in [0.05, 0.1) is 6.10 Å². The zero-order chi connectivity index (χ0) is 14.7. The molecule has 0 saturated carbocycles. The summed E-state index contributed by atoms with van der Waals surface area (Å²) in [6, 6.07) is 12.1. The molecule has 0 spiro atoms. The topological polar surface area (TPSA) is 43.7 Å². The molecule has 0 aliphatic heterocycles. The molecule has 2 aromatic carbocycles. The minimum absolute atomic E-state index is 0.308. The van der Waals surface area contributed by atoms with Crippen LogP contribution in [0, 0.1) is 0 Å². The highest BCUT2D eigenvalue weighted by molar-refractivity contribution is 5.87. The van der Waals surface area contributed by atoms with Crippen molar-refractivity contribution in [2.45, 2.75) is 39.5 Å². The fourth-order valence-corrected chi connectivity index (χ4v) is 2.49. The minimum atomic E-state index is -0.380. The maximum atomic E-state index is 10.2. The van der Waals surface area contributed by atoms with E-state index >= 15 is 0 Å². The molecule has 2 rings (SSSR count). The van der Waals surface area contributed by atoms with Crippen molar-refractivity contribution in [3.05, 3.63) is 42.0 Å². The van der Waals surface area contributed by atoms with Crippen LogP contribution in [0.25, 0.3) is 10.8 Å². The van der Waals surface area contributed by atoms with Gasteiger partial charge in [-0.2, -0.15) is 0 Å². The lowest BCUT2D eigenvalue weighted by molar-refractivity contribution is 0.102. The Hall–Kier alpha value is -1.58. The SMILES string of the molecule is CC(O)CN(Cc1c(O)ccc2ccccc12)C(C)C. The molecule has 0 aliphatic carbocycles. The van der Waals surface area contributed by atoms with Crippen molar-refractivity contribution in [1.82, 2.24) is 4.90 Å². The second-order valence-electron chi connectivity index (χ2n) is 5.66. The molecule has 108 valence electrons. The van der Waals surface area contributed by atoms with E-state index in [1.54, 1.807) is 13.0 Å². The summed E-state index contributed by atoms with van der Waals surface area (Å²) >= 11 is 0. The predicted octanol–water partition coefficient (Wildman–Crippen LogP) is 3.14. The van der Waals surface area contributed by atoms with Crippen molar-refractivity contribution in [2.24, 2.45) is 0 Å². The first-order chi connectivity index (χ1) is 9.49. The molecule has 0 fully saturated rings. The number of aromatic hydroxyl groups is 1. The number of aliphatic hydroxyl groups excluding tert-OH is 1. The van der Waals surface area contributed by atoms with Gasteiger partial charge in [-0.15, -0.1) is 0 Å². The Morgan fingerprint density at radius 3 is 2.40 bits per heavy atom. The lowest BCUT2D eigenvalue weighted by Gasteiger charge is -2.28. The number of hydrogen-bond acceptors (Lipinski definition) is 3. The van der Waals surface area contributed by atoms with Crippen molar-refractivity contribution in [3.8, 4) is 5.75 Å². The molecule has 0 saturated heterocycles. The third-order valence-electron chi connectivity index (χ3n) is 3.61. The van der Waals surface area contributed by atoms with E-state index in [0.29, 0.717) is 24.9 Å². The molecular formula is C17H23NO2. The Kier molecular flexibility index (Phi) is 4.63. The molecule has 1 unspecified atom stereocenters. The van der Waals surface area contributed by atoms with E-state index in [-0.39, 0.29) is 6.10 Å². The molecule has 2 aromatic rings. The summed E-state index contributed by atoms with van der Waals surface area (Å²) in [5, 5.41) is 22.0. The van der Waals surface area contributed by atoms with E-state index < -0.39 is 0 Å². The summed E-state index contributed by atoms with van der Waals surface area (Å²) in [5.41, 5.74) is 0.928. The van der Waals surface area contributed by atoms with Crippen LogP contribution in [-0.4, -0.2) is 33.8 Å². The van der Waals surface area contributed by atoms with Gasteiger partial charge in [-0.1, -0.05) is 30.3 Å². The summed E-state index contributed by atoms with van der Waals surface area (Å²) < 4.78 is 0. The Morgan fingerprint density at radius 2 is 1.75 bits per heavy atom. The van der Waals surface area contributed by atoms with Crippen LogP contribution in [0.2, 0.25) is 0 Å². The largest absolute Gasteiger partial charge is 0.508 e. The molecule has 3 nitrogen and oxygen atoms in total. The van der Waals surface area contributed by atoms with Gasteiger partial charge in [0.15, 0.2) is 0 Å². The summed E-state index contributed by atoms with van der Waals surface area (Å²) in [5.74, 6) is 0.319. The first kappa shape index (κ1) is 14.8. The van der Waals surface area contributed by atoms with E-state index in [1.165, 1.54) is 0 Å². The zero-order valence-corrected chi connectivity index (χ0v) is 12.4. The summed E-state index contributed by atoms with van der Waals surface area (Å²) in [6.07, 6.45) is -0.380. The average molecular weight is 273 g/mol. The average Bonchev–Trinajstić information content (AvgIpc) is 2.40. The van der Waals surface area contributed by atoms with Crippen molar-refractivity contribution >= 4 is 10.8 Å². The van der Waals surface area contributed by atoms with E-state index in [1.807, 2.05) is 30.3 Å². The Morgan fingerprint density at radius 1 is 1.05 bits per heavy atom. The van der Waals surface area contributed by atoms with Crippen LogP contribution >= 0.6 is 0 Å². The monoisotopic (exact) mass is 273 g/mol. The standard InChI is InChI=1S/C17H23NO2/c1-12(2)18(10-13(3)19)11-16-15-7-5-4-6-14(15)8-9-17(16)20/h4-9,12-13,19-20H,10-11H2,1-3H3. The van der Waals surface area contributed by atoms with Crippen LogP contribution in [0.1, 0.15) is 26.3 Å². The number of nitrogens with zero attached hydrogens (tertiary/aromatic N) is 1. The Bertz CT molecular complexity index is 578. The van der Waals surface area contributed by atoms with Crippen molar-refractivity contribution in [2.75, 3.05) is 6.54 Å². The van der Waals surface area contributed by atoms with Crippen LogP contribution in [0.15, 0.2) is 36.4 Å². The van der Waals surface area contributed by atoms with Crippen molar-refractivity contribution in [3.63, 3.8) is 0 Å². The second-order valence-corrected chi connectivity index (χ2v) is 5.66. The lowest BCUT2D eigenvalue weighted by Crippen LogP contribution is -2.36. The van der Waals surface area contributed by atoms with Crippen molar-refractivity contribution < 1.29 is 10.2 Å². The fraction of sp³-hybridized carbons (Fsp3) is 0.412. The van der Waals surface area contributed by atoms with E-state index in [0.717, 1.165) is 16.3 Å². The molecule has 3 heteroatoms. The lowest BCUT2D eigenvalue weighted by atomic mass is 10.0. The molecule has 0 aromatic heterocycles. The van der Waals surface area contributed by atoms with Crippen molar-refractivity contribution in [1.29, 1.82) is 0 Å². The molecule has 20 heavy (non-hydrogen) atoms. The number of fused-ring (bicyclic) bond motifs is 1. The third kappa shape index (κ3) is 3.30. The smallest absolute Gasteiger partial charge is 0.120 e. The maximum absolute atomic E-state index is 10.2. The molecule has 0 amide bonds. The van der Waals surface area contributed by atoms with Gasteiger partial charge in [0.25, 0.3) is 0 Å². The Balaban J connectivity index is 2.38. The highest BCUT2D eigenvalue weighted by Gasteiger charge is 2.16. The molecule has 0 aliphatic rings. The van der Waals surface area contributed by atoms with Gasteiger partial charge < -0.3 is 10.2 Å². The highest BCUT2D eigenvalue weighted by Crippen LogP contribution is 2.28. The number of aliphatic hydroxyl groups is 1. The number of benzene rings is 2. The summed E-state index contributed by atoms with van der Waals surface area (Å²) in [4.78, 5) is 2.17. The van der Waals surface area contributed by atoms with E-state index in [4.69, 9.17) is 0 Å². The van der Waals surface area contributed by atoms with Crippen LogP contribution in [0.3, 0.4) is 0 Å². The first-order valence-electron chi connectivity index (χ1n) is 7.10. The molecule has 0 radical (unpaired) electrons. The number of phenolic OH excluding ortho intramolecular Hbond substituents is 1. The molecule has 0 heterocycles. The normalized spacial score (nSPS) is 13.3. The van der Waals surface area contributed by atoms with Gasteiger partial charge in [-0.3, -0.25) is 4.90 Å². The number of hydrogen-bond donors (Lipinski definition) is 2. The first-order valence-corrected chi connectivity index (χ1v) is 7.10. The van der Waals surface area contributed by atoms with Crippen LogP contribution < -0.4 is 0 Å². The van der Waals surface area contributed by atoms with E-state index in [2.05, 4.69) is 18.7 Å². The minimum Gasteiger partial charge on any atom is -0.508 e. The van der Waals surface area contributed by atoms with Crippen LogP contribution in [-0.2, 0) is 6.54 Å². The fourth-order valence-electron chi connectivity index (χ4n) is 2.49. The van der Waals surface area contributed by atoms with Gasteiger partial charge in [-0.25, -0.2) is 0 Å². The molecule has 2 N–H and O–H groups in total. The maximum Gasteiger partial charge on any atom is 0.120 e. The third-order valence-corrected chi connectivity index (χ3v) is 3.61. The number of phenols is 1. The highest BCUT2D eigenvalue weighted by atomic mass is 16.3. The molecular weight excluding hydrogens is 250 g/mol. The molecule has 0 bridgehead atoms. The predicted molar refractivity (Wildman–Crippen MR) is 82.8 cm³/mol. The van der Waals surface area contributed by atoms with Gasteiger partial charge in [0.2, 0.25) is 0 Å². The summed E-state index contributed by atoms with van der Waals surface area (Å²) in [7, 11) is 0. The van der Waals surface area contributed by atoms with E-state index in [9.17, 15) is 10.2 Å². The van der Waals surface area contributed by atoms with Crippen LogP contribution in [0.4, 0.5) is 0 Å². The Labute approximate surface area is 120 Å². The molecule has 1 atom stereocenters. The second kappa shape index (κ2) is 6.25.